The van der Waals surface area contributed by atoms with Gasteiger partial charge in [0.25, 0.3) is 0 Å². The third-order valence-electron chi connectivity index (χ3n) is 2.28. The Labute approximate surface area is 121 Å². The summed E-state index contributed by atoms with van der Waals surface area (Å²) in [5.74, 6) is -0.912. The van der Waals surface area contributed by atoms with Crippen molar-refractivity contribution in [1.29, 1.82) is 0 Å². The van der Waals surface area contributed by atoms with Crippen LogP contribution in [0.2, 0.25) is 0 Å². The predicted molar refractivity (Wildman–Crippen MR) is 75.8 cm³/mol. The molecule has 7 nitrogen and oxygen atoms in total. The highest BCUT2D eigenvalue weighted by Gasteiger charge is 2.19. The molecule has 116 valence electrons. The van der Waals surface area contributed by atoms with Crippen LogP contribution in [0, 0.1) is 15.9 Å². The lowest BCUT2D eigenvalue weighted by molar-refractivity contribution is -0.386. The van der Waals surface area contributed by atoms with Gasteiger partial charge in [-0.2, -0.15) is 4.39 Å². The number of carbonyl (C=O) groups excluding carboxylic acids is 1. The molecule has 0 saturated heterocycles. The first-order chi connectivity index (χ1) is 9.70. The van der Waals surface area contributed by atoms with Gasteiger partial charge in [-0.25, -0.2) is 4.79 Å². The van der Waals surface area contributed by atoms with Crippen molar-refractivity contribution in [3.05, 3.63) is 34.1 Å². The molecule has 8 heteroatoms. The fourth-order valence-electron chi connectivity index (χ4n) is 1.52. The summed E-state index contributed by atoms with van der Waals surface area (Å²) < 4.78 is 18.4. The maximum atomic E-state index is 13.4. The zero-order valence-corrected chi connectivity index (χ0v) is 12.1. The van der Waals surface area contributed by atoms with Crippen LogP contribution in [0.5, 0.6) is 0 Å². The van der Waals surface area contributed by atoms with Crippen LogP contribution in [-0.4, -0.2) is 29.7 Å². The highest BCUT2D eigenvalue weighted by atomic mass is 19.1. The molecule has 1 rings (SSSR count). The van der Waals surface area contributed by atoms with Crippen LogP contribution in [-0.2, 0) is 4.74 Å². The first-order valence-corrected chi connectivity index (χ1v) is 6.34. The van der Waals surface area contributed by atoms with E-state index in [2.05, 4.69) is 10.6 Å². The molecule has 0 unspecified atom stereocenters. The molecule has 21 heavy (non-hydrogen) atoms. The van der Waals surface area contributed by atoms with Crippen LogP contribution in [0.4, 0.5) is 20.6 Å². The van der Waals surface area contributed by atoms with Crippen molar-refractivity contribution in [2.24, 2.45) is 0 Å². The molecule has 0 saturated carbocycles. The summed E-state index contributed by atoms with van der Waals surface area (Å²) in [6.07, 6.45) is -0.585. The number of rotatable bonds is 5. The Bertz CT molecular complexity index is 529. The van der Waals surface area contributed by atoms with Gasteiger partial charge >= 0.3 is 11.8 Å². The van der Waals surface area contributed by atoms with E-state index < -0.39 is 28.1 Å². The Kier molecular flexibility index (Phi) is 5.45. The molecular weight excluding hydrogens is 281 g/mol. The SMILES string of the molecule is CC(C)(C)OC(=O)NCCNc1cccc(F)c1[N+](=O)[O-]. The number of amides is 1. The topological polar surface area (TPSA) is 93.5 Å². The maximum Gasteiger partial charge on any atom is 0.407 e. The summed E-state index contributed by atoms with van der Waals surface area (Å²) >= 11 is 0. The van der Waals surface area contributed by atoms with E-state index in [0.29, 0.717) is 0 Å². The van der Waals surface area contributed by atoms with E-state index in [1.54, 1.807) is 20.8 Å². The van der Waals surface area contributed by atoms with Crippen LogP contribution in [0.3, 0.4) is 0 Å². The van der Waals surface area contributed by atoms with Gasteiger partial charge in [0.05, 0.1) is 4.92 Å². The summed E-state index contributed by atoms with van der Waals surface area (Å²) in [5, 5.41) is 16.0. The number of halogens is 1. The van der Waals surface area contributed by atoms with Crippen molar-refractivity contribution in [2.45, 2.75) is 26.4 Å². The highest BCUT2D eigenvalue weighted by molar-refractivity contribution is 5.67. The van der Waals surface area contributed by atoms with Crippen molar-refractivity contribution >= 4 is 17.5 Å². The summed E-state index contributed by atoms with van der Waals surface area (Å²) in [6.45, 7) is 5.59. The molecule has 1 amide bonds. The van der Waals surface area contributed by atoms with Crippen LogP contribution >= 0.6 is 0 Å². The summed E-state index contributed by atoms with van der Waals surface area (Å²) in [5.41, 5.74) is -1.15. The Balaban J connectivity index is 2.49. The average Bonchev–Trinajstić information content (AvgIpc) is 2.32. The molecule has 1 aromatic rings. The number of carbonyl (C=O) groups is 1. The standard InChI is InChI=1S/C13H18FN3O4/c1-13(2,3)21-12(18)16-8-7-15-10-6-4-5-9(14)11(10)17(19)20/h4-6,15H,7-8H2,1-3H3,(H,16,18). The second-order valence-electron chi connectivity index (χ2n) is 5.25. The summed E-state index contributed by atoms with van der Waals surface area (Å²) in [7, 11) is 0. The minimum Gasteiger partial charge on any atom is -0.444 e. The molecule has 0 bridgehead atoms. The van der Waals surface area contributed by atoms with Crippen molar-refractivity contribution in [1.82, 2.24) is 5.32 Å². The van der Waals surface area contributed by atoms with E-state index in [4.69, 9.17) is 4.74 Å². The molecule has 0 aromatic heterocycles. The lowest BCUT2D eigenvalue weighted by atomic mass is 10.2. The van der Waals surface area contributed by atoms with Crippen molar-refractivity contribution in [2.75, 3.05) is 18.4 Å². The van der Waals surface area contributed by atoms with Crippen LogP contribution in [0.1, 0.15) is 20.8 Å². The monoisotopic (exact) mass is 299 g/mol. The van der Waals surface area contributed by atoms with Gasteiger partial charge in [-0.05, 0) is 32.9 Å². The van der Waals surface area contributed by atoms with E-state index in [1.807, 2.05) is 0 Å². The molecular formula is C13H18FN3O4. The molecule has 0 atom stereocenters. The molecule has 0 aliphatic heterocycles. The summed E-state index contributed by atoms with van der Waals surface area (Å²) in [6, 6.07) is 3.78. The molecule has 2 N–H and O–H groups in total. The zero-order valence-electron chi connectivity index (χ0n) is 12.1. The Hall–Kier alpha value is -2.38. The Morgan fingerprint density at radius 2 is 2.05 bits per heavy atom. The van der Waals surface area contributed by atoms with Crippen molar-refractivity contribution in [3.63, 3.8) is 0 Å². The fourth-order valence-corrected chi connectivity index (χ4v) is 1.52. The van der Waals surface area contributed by atoms with Gasteiger partial charge in [0, 0.05) is 13.1 Å². The number of hydrogen-bond donors (Lipinski definition) is 2. The number of ether oxygens (including phenoxy) is 1. The smallest absolute Gasteiger partial charge is 0.407 e. The molecule has 0 aliphatic rings. The Morgan fingerprint density at radius 3 is 2.62 bits per heavy atom. The van der Waals surface area contributed by atoms with Gasteiger partial charge < -0.3 is 15.4 Å². The lowest BCUT2D eigenvalue weighted by Gasteiger charge is -2.19. The molecule has 0 radical (unpaired) electrons. The van der Waals surface area contributed by atoms with E-state index in [1.165, 1.54) is 12.1 Å². The minimum atomic E-state index is -0.912. The van der Waals surface area contributed by atoms with Crippen LogP contribution < -0.4 is 10.6 Å². The number of hydrogen-bond acceptors (Lipinski definition) is 5. The van der Waals surface area contributed by atoms with Crippen LogP contribution in [0.25, 0.3) is 0 Å². The van der Waals surface area contributed by atoms with Gasteiger partial charge in [0.2, 0.25) is 5.82 Å². The second kappa shape index (κ2) is 6.87. The number of nitrogens with one attached hydrogen (secondary N) is 2. The van der Waals surface area contributed by atoms with Gasteiger partial charge in [-0.15, -0.1) is 0 Å². The van der Waals surface area contributed by atoms with Crippen LogP contribution in [0.15, 0.2) is 18.2 Å². The predicted octanol–water partition coefficient (Wildman–Crippen LogP) is 2.67. The molecule has 0 fully saturated rings. The number of alkyl carbamates (subject to hydrolysis) is 1. The first kappa shape index (κ1) is 16.7. The zero-order chi connectivity index (χ0) is 16.0. The largest absolute Gasteiger partial charge is 0.444 e. The number of nitrogens with zero attached hydrogens (tertiary/aromatic N) is 1. The average molecular weight is 299 g/mol. The number of para-hydroxylation sites is 1. The van der Waals surface area contributed by atoms with E-state index in [9.17, 15) is 19.3 Å². The number of nitro benzene ring substituents is 1. The first-order valence-electron chi connectivity index (χ1n) is 6.34. The molecule has 1 aromatic carbocycles. The second-order valence-corrected chi connectivity index (χ2v) is 5.25. The fraction of sp³-hybridized carbons (Fsp3) is 0.462. The minimum absolute atomic E-state index is 0.0611. The van der Waals surface area contributed by atoms with E-state index >= 15 is 0 Å². The van der Waals surface area contributed by atoms with Gasteiger partial charge in [0.15, 0.2) is 0 Å². The lowest BCUT2D eigenvalue weighted by Crippen LogP contribution is -2.35. The van der Waals surface area contributed by atoms with Gasteiger partial charge in [-0.1, -0.05) is 6.07 Å². The van der Waals surface area contributed by atoms with Crippen molar-refractivity contribution in [3.8, 4) is 0 Å². The van der Waals surface area contributed by atoms with E-state index in [-0.39, 0.29) is 18.8 Å². The normalized spacial score (nSPS) is 10.9. The van der Waals surface area contributed by atoms with E-state index in [0.717, 1.165) is 6.07 Å². The molecule has 0 heterocycles. The maximum absolute atomic E-state index is 13.4. The third kappa shape index (κ3) is 5.64. The van der Waals surface area contributed by atoms with Gasteiger partial charge in [-0.3, -0.25) is 10.1 Å². The number of anilines is 1. The third-order valence-corrected chi connectivity index (χ3v) is 2.28. The van der Waals surface area contributed by atoms with Crippen molar-refractivity contribution < 1.29 is 18.8 Å². The Morgan fingerprint density at radius 1 is 1.38 bits per heavy atom. The number of benzene rings is 1. The molecule has 0 spiro atoms. The molecule has 0 aliphatic carbocycles. The quantitative estimate of drug-likeness (QED) is 0.495. The van der Waals surface area contributed by atoms with Gasteiger partial charge in [0.1, 0.15) is 11.3 Å². The highest BCUT2D eigenvalue weighted by Crippen LogP contribution is 2.26. The number of nitro groups is 1. The summed E-state index contributed by atoms with van der Waals surface area (Å²) in [4.78, 5) is 21.4.